The number of rotatable bonds is 9. The first-order chi connectivity index (χ1) is 29.7. The van der Waals surface area contributed by atoms with E-state index in [0.717, 1.165) is 38.9 Å². The zero-order chi connectivity index (χ0) is 40.1. The molecular formula is C57H39N3. The molecule has 0 saturated heterocycles. The van der Waals surface area contributed by atoms with Gasteiger partial charge in [-0.25, -0.2) is 15.0 Å². The van der Waals surface area contributed by atoms with Crippen LogP contribution in [-0.2, 0) is 0 Å². The standard InChI is InChI=1S/C57H39N3/c1-4-12-40(13-5-1)42-22-26-44(27-23-42)46-30-34-48(35-31-46)51-18-10-20-53(38-51)56-58-55(50-16-8-3-9-17-50)59-57(60-56)54-21-11-19-52(39-54)49-36-32-47(33-37-49)45-28-24-43(25-29-45)41-14-6-2-7-15-41/h1-39H. The smallest absolute Gasteiger partial charge is 0.164 e. The van der Waals surface area contributed by atoms with Crippen molar-refractivity contribution in [3.05, 3.63) is 237 Å². The Balaban J connectivity index is 0.930. The van der Waals surface area contributed by atoms with Gasteiger partial charge in [-0.1, -0.05) is 224 Å². The van der Waals surface area contributed by atoms with E-state index in [0.29, 0.717) is 17.5 Å². The van der Waals surface area contributed by atoms with E-state index in [1.165, 1.54) is 44.5 Å². The van der Waals surface area contributed by atoms with Crippen molar-refractivity contribution in [1.29, 1.82) is 0 Å². The molecule has 10 rings (SSSR count). The van der Waals surface area contributed by atoms with Crippen LogP contribution in [0.25, 0.3) is 101 Å². The molecule has 0 aliphatic rings. The van der Waals surface area contributed by atoms with E-state index in [9.17, 15) is 0 Å². The third-order valence-corrected chi connectivity index (χ3v) is 11.0. The van der Waals surface area contributed by atoms with Crippen molar-refractivity contribution in [3.63, 3.8) is 0 Å². The molecule has 0 aliphatic carbocycles. The minimum Gasteiger partial charge on any atom is -0.208 e. The van der Waals surface area contributed by atoms with Gasteiger partial charge >= 0.3 is 0 Å². The molecule has 0 N–H and O–H groups in total. The monoisotopic (exact) mass is 765 g/mol. The Morgan fingerprint density at radius 1 is 0.150 bits per heavy atom. The van der Waals surface area contributed by atoms with Gasteiger partial charge in [-0.05, 0) is 78.9 Å². The number of benzene rings is 9. The number of nitrogens with zero attached hydrogens (tertiary/aromatic N) is 3. The first-order valence-electron chi connectivity index (χ1n) is 20.3. The fraction of sp³-hybridized carbons (Fsp3) is 0. The Kier molecular flexibility index (Phi) is 9.97. The Morgan fingerprint density at radius 3 is 0.650 bits per heavy atom. The highest BCUT2D eigenvalue weighted by Gasteiger charge is 2.14. The van der Waals surface area contributed by atoms with Gasteiger partial charge in [-0.2, -0.15) is 0 Å². The highest BCUT2D eigenvalue weighted by molar-refractivity contribution is 5.78. The molecule has 60 heavy (non-hydrogen) atoms. The fourth-order valence-electron chi connectivity index (χ4n) is 7.71. The largest absolute Gasteiger partial charge is 0.208 e. The third-order valence-electron chi connectivity index (χ3n) is 11.0. The summed E-state index contributed by atoms with van der Waals surface area (Å²) in [6.07, 6.45) is 0. The Morgan fingerprint density at radius 2 is 0.350 bits per heavy atom. The second-order valence-corrected chi connectivity index (χ2v) is 14.9. The molecule has 0 atom stereocenters. The summed E-state index contributed by atoms with van der Waals surface area (Å²) in [5, 5.41) is 0. The van der Waals surface area contributed by atoms with Crippen molar-refractivity contribution in [2.45, 2.75) is 0 Å². The zero-order valence-corrected chi connectivity index (χ0v) is 32.9. The zero-order valence-electron chi connectivity index (χ0n) is 32.9. The van der Waals surface area contributed by atoms with Gasteiger partial charge < -0.3 is 0 Å². The molecule has 9 aromatic carbocycles. The maximum Gasteiger partial charge on any atom is 0.164 e. The van der Waals surface area contributed by atoms with Gasteiger partial charge in [-0.3, -0.25) is 0 Å². The predicted molar refractivity (Wildman–Crippen MR) is 249 cm³/mol. The average molecular weight is 766 g/mol. The van der Waals surface area contributed by atoms with E-state index < -0.39 is 0 Å². The Bertz CT molecular complexity index is 2830. The lowest BCUT2D eigenvalue weighted by atomic mass is 9.97. The van der Waals surface area contributed by atoms with Crippen LogP contribution in [0.5, 0.6) is 0 Å². The third kappa shape index (κ3) is 7.80. The van der Waals surface area contributed by atoms with Gasteiger partial charge in [0, 0.05) is 16.7 Å². The molecule has 10 aromatic rings. The normalized spacial score (nSPS) is 11.0. The van der Waals surface area contributed by atoms with E-state index >= 15 is 0 Å². The van der Waals surface area contributed by atoms with E-state index in [1.807, 2.05) is 42.5 Å². The summed E-state index contributed by atoms with van der Waals surface area (Å²) in [6.45, 7) is 0. The topological polar surface area (TPSA) is 38.7 Å². The van der Waals surface area contributed by atoms with Gasteiger partial charge in [0.15, 0.2) is 17.5 Å². The lowest BCUT2D eigenvalue weighted by Crippen LogP contribution is -2.00. The fourth-order valence-corrected chi connectivity index (χ4v) is 7.71. The van der Waals surface area contributed by atoms with Crippen LogP contribution in [0.3, 0.4) is 0 Å². The predicted octanol–water partition coefficient (Wildman–Crippen LogP) is 14.9. The van der Waals surface area contributed by atoms with Gasteiger partial charge in [0.25, 0.3) is 0 Å². The first kappa shape index (κ1) is 36.3. The summed E-state index contributed by atoms with van der Waals surface area (Å²) in [6, 6.07) is 83.1. The number of hydrogen-bond donors (Lipinski definition) is 0. The maximum absolute atomic E-state index is 5.11. The van der Waals surface area contributed by atoms with Gasteiger partial charge in [-0.15, -0.1) is 0 Å². The van der Waals surface area contributed by atoms with Crippen LogP contribution in [0.1, 0.15) is 0 Å². The quantitative estimate of drug-likeness (QED) is 0.147. The van der Waals surface area contributed by atoms with Crippen molar-refractivity contribution in [2.24, 2.45) is 0 Å². The summed E-state index contributed by atoms with van der Waals surface area (Å²) in [5.41, 5.74) is 16.8. The molecule has 0 bridgehead atoms. The molecule has 1 heterocycles. The highest BCUT2D eigenvalue weighted by Crippen LogP contribution is 2.33. The molecular weight excluding hydrogens is 727 g/mol. The summed E-state index contributed by atoms with van der Waals surface area (Å²) in [4.78, 5) is 15.2. The first-order valence-corrected chi connectivity index (χ1v) is 20.3. The summed E-state index contributed by atoms with van der Waals surface area (Å²) in [5.74, 6) is 1.89. The summed E-state index contributed by atoms with van der Waals surface area (Å²) >= 11 is 0. The molecule has 282 valence electrons. The molecule has 0 unspecified atom stereocenters. The second kappa shape index (κ2) is 16.5. The van der Waals surface area contributed by atoms with Gasteiger partial charge in [0.05, 0.1) is 0 Å². The lowest BCUT2D eigenvalue weighted by molar-refractivity contribution is 1.07. The molecule has 3 nitrogen and oxygen atoms in total. The van der Waals surface area contributed by atoms with E-state index in [1.54, 1.807) is 0 Å². The van der Waals surface area contributed by atoms with Gasteiger partial charge in [0.1, 0.15) is 0 Å². The van der Waals surface area contributed by atoms with Crippen LogP contribution in [0.4, 0.5) is 0 Å². The van der Waals surface area contributed by atoms with Gasteiger partial charge in [0.2, 0.25) is 0 Å². The number of hydrogen-bond acceptors (Lipinski definition) is 3. The van der Waals surface area contributed by atoms with E-state index in [2.05, 4.69) is 194 Å². The molecule has 0 saturated carbocycles. The Hall–Kier alpha value is -8.01. The molecule has 0 radical (unpaired) electrons. The highest BCUT2D eigenvalue weighted by atomic mass is 15.0. The molecule has 1 aromatic heterocycles. The summed E-state index contributed by atoms with van der Waals surface area (Å²) < 4.78 is 0. The SMILES string of the molecule is c1ccc(-c2ccc(-c3ccc(-c4cccc(-c5nc(-c6ccccc6)nc(-c6cccc(-c7ccc(-c8ccc(-c9ccccc9)cc8)cc7)c6)n5)c4)cc3)cc2)cc1. The minimum atomic E-state index is 0.629. The van der Waals surface area contributed by atoms with Crippen molar-refractivity contribution in [2.75, 3.05) is 0 Å². The average Bonchev–Trinajstić information content (AvgIpc) is 3.35. The minimum absolute atomic E-state index is 0.629. The van der Waals surface area contributed by atoms with E-state index in [-0.39, 0.29) is 0 Å². The molecule has 0 fully saturated rings. The van der Waals surface area contributed by atoms with Crippen LogP contribution in [0.15, 0.2) is 237 Å². The summed E-state index contributed by atoms with van der Waals surface area (Å²) in [7, 11) is 0. The van der Waals surface area contributed by atoms with E-state index in [4.69, 9.17) is 15.0 Å². The second-order valence-electron chi connectivity index (χ2n) is 14.9. The van der Waals surface area contributed by atoms with Crippen LogP contribution < -0.4 is 0 Å². The van der Waals surface area contributed by atoms with Crippen LogP contribution in [-0.4, -0.2) is 15.0 Å². The van der Waals surface area contributed by atoms with Crippen molar-refractivity contribution in [3.8, 4) is 101 Å². The molecule has 0 spiro atoms. The van der Waals surface area contributed by atoms with Crippen molar-refractivity contribution >= 4 is 0 Å². The number of aromatic nitrogens is 3. The molecule has 0 amide bonds. The van der Waals surface area contributed by atoms with Crippen molar-refractivity contribution in [1.82, 2.24) is 15.0 Å². The van der Waals surface area contributed by atoms with Crippen LogP contribution in [0, 0.1) is 0 Å². The lowest BCUT2D eigenvalue weighted by Gasteiger charge is -2.11. The van der Waals surface area contributed by atoms with Crippen LogP contribution >= 0.6 is 0 Å². The molecule has 0 aliphatic heterocycles. The van der Waals surface area contributed by atoms with Crippen LogP contribution in [0.2, 0.25) is 0 Å². The maximum atomic E-state index is 5.11. The Labute approximate surface area is 351 Å². The van der Waals surface area contributed by atoms with Crippen molar-refractivity contribution < 1.29 is 0 Å². The molecule has 3 heteroatoms.